The minimum absolute atomic E-state index is 0.0806. The zero-order chi connectivity index (χ0) is 24.7. The van der Waals surface area contributed by atoms with Crippen molar-refractivity contribution in [1.82, 2.24) is 9.88 Å². The quantitative estimate of drug-likeness (QED) is 0.360. The molecule has 2 heterocycles. The number of nitrogens with zero attached hydrogens (tertiary/aromatic N) is 2. The predicted octanol–water partition coefficient (Wildman–Crippen LogP) is 6.35. The lowest BCUT2D eigenvalue weighted by Crippen LogP contribution is -2.51. The Morgan fingerprint density at radius 1 is 1.22 bits per heavy atom. The number of halogens is 1. The van der Waals surface area contributed by atoms with Crippen LogP contribution < -0.4 is 0 Å². The lowest BCUT2D eigenvalue weighted by molar-refractivity contribution is -0.0855. The number of carbonyl (C=O) groups is 1. The van der Waals surface area contributed by atoms with Gasteiger partial charge in [-0.1, -0.05) is 32.4 Å². The monoisotopic (exact) mass is 484 g/mol. The van der Waals surface area contributed by atoms with Crippen LogP contribution in [0.1, 0.15) is 66.6 Å². The molecule has 1 aliphatic rings. The molecule has 0 saturated carbocycles. The molecule has 32 heavy (non-hydrogen) atoms. The summed E-state index contributed by atoms with van der Waals surface area (Å²) in [6, 6.07) is 3.58. The van der Waals surface area contributed by atoms with E-state index in [2.05, 4.69) is 38.8 Å². The first-order chi connectivity index (χ1) is 14.3. The average molecular weight is 485 g/mol. The van der Waals surface area contributed by atoms with Gasteiger partial charge in [-0.15, -0.1) is 0 Å². The summed E-state index contributed by atoms with van der Waals surface area (Å²) in [7, 11) is -1.99. The highest BCUT2D eigenvalue weighted by molar-refractivity contribution is 6.74. The zero-order valence-corrected chi connectivity index (χ0v) is 23.4. The van der Waals surface area contributed by atoms with Crippen molar-refractivity contribution in [2.45, 2.75) is 110 Å². The van der Waals surface area contributed by atoms with Gasteiger partial charge in [-0.2, -0.15) is 0 Å². The van der Waals surface area contributed by atoms with E-state index >= 15 is 0 Å². The number of ether oxygens (including phenoxy) is 2. The summed E-state index contributed by atoms with van der Waals surface area (Å²) in [4.78, 5) is 19.3. The molecule has 1 amide bonds. The van der Waals surface area contributed by atoms with Gasteiger partial charge in [0.15, 0.2) is 8.32 Å². The topological polar surface area (TPSA) is 60.9 Å². The van der Waals surface area contributed by atoms with Crippen LogP contribution in [0.2, 0.25) is 23.3 Å². The first-order valence-corrected chi connectivity index (χ1v) is 14.6. The molecular weight excluding hydrogens is 444 g/mol. The van der Waals surface area contributed by atoms with E-state index in [-0.39, 0.29) is 23.3 Å². The molecule has 0 bridgehead atoms. The molecule has 1 aromatic rings. The Hall–Kier alpha value is -1.15. The van der Waals surface area contributed by atoms with Crippen molar-refractivity contribution in [3.63, 3.8) is 0 Å². The van der Waals surface area contributed by atoms with Crippen molar-refractivity contribution >= 4 is 26.0 Å². The van der Waals surface area contributed by atoms with Crippen LogP contribution in [-0.2, 0) is 20.3 Å². The fourth-order valence-electron chi connectivity index (χ4n) is 3.67. The maximum Gasteiger partial charge on any atom is 0.412 e. The third-order valence-electron chi connectivity index (χ3n) is 6.21. The third-order valence-corrected chi connectivity index (χ3v) is 10.9. The van der Waals surface area contributed by atoms with Gasteiger partial charge in [0.2, 0.25) is 0 Å². The number of aryl methyl sites for hydroxylation is 1. The second-order valence-electron chi connectivity index (χ2n) is 11.7. The third kappa shape index (κ3) is 6.68. The largest absolute Gasteiger partial charge is 0.444 e. The first kappa shape index (κ1) is 27.1. The first-order valence-electron chi connectivity index (χ1n) is 11.3. The number of rotatable bonds is 5. The van der Waals surface area contributed by atoms with Gasteiger partial charge in [0.05, 0.1) is 12.6 Å². The van der Waals surface area contributed by atoms with Crippen LogP contribution in [0.3, 0.4) is 0 Å². The standard InChI is InChI=1S/C24H41ClN2O4Si/c1-16-12-17(14-20(25)26-16)13-18-19(15-29-32(10,11)23(5,6)7)30-24(8,9)27(18)21(28)31-22(2,3)4/h12,14,18-19H,13,15H2,1-11H3. The van der Waals surface area contributed by atoms with E-state index in [9.17, 15) is 4.79 Å². The molecular formula is C24H41ClN2O4Si. The lowest BCUT2D eigenvalue weighted by Gasteiger charge is -2.37. The van der Waals surface area contributed by atoms with E-state index in [0.29, 0.717) is 18.2 Å². The molecule has 0 aliphatic carbocycles. The average Bonchev–Trinajstić information content (AvgIpc) is 2.79. The molecule has 182 valence electrons. The van der Waals surface area contributed by atoms with Gasteiger partial charge >= 0.3 is 6.09 Å². The number of aromatic nitrogens is 1. The summed E-state index contributed by atoms with van der Waals surface area (Å²) in [5.74, 6) is 0. The van der Waals surface area contributed by atoms with Crippen molar-refractivity contribution in [3.8, 4) is 0 Å². The van der Waals surface area contributed by atoms with E-state index in [1.54, 1.807) is 4.90 Å². The zero-order valence-electron chi connectivity index (χ0n) is 21.6. The predicted molar refractivity (Wildman–Crippen MR) is 132 cm³/mol. The van der Waals surface area contributed by atoms with Gasteiger partial charge in [0.25, 0.3) is 0 Å². The van der Waals surface area contributed by atoms with E-state index < -0.39 is 19.6 Å². The maximum atomic E-state index is 13.3. The molecule has 2 rings (SSSR count). The van der Waals surface area contributed by atoms with Gasteiger partial charge in [0, 0.05) is 5.69 Å². The van der Waals surface area contributed by atoms with Gasteiger partial charge in [-0.3, -0.25) is 4.90 Å². The molecule has 1 aromatic heterocycles. The Balaban J connectivity index is 2.39. The van der Waals surface area contributed by atoms with Crippen LogP contribution in [-0.4, -0.2) is 54.4 Å². The summed E-state index contributed by atoms with van der Waals surface area (Å²) >= 11 is 6.22. The summed E-state index contributed by atoms with van der Waals surface area (Å²) in [6.45, 7) is 22.8. The van der Waals surface area contributed by atoms with Crippen molar-refractivity contribution in [2.75, 3.05) is 6.61 Å². The van der Waals surface area contributed by atoms with Crippen LogP contribution in [0.15, 0.2) is 12.1 Å². The summed E-state index contributed by atoms with van der Waals surface area (Å²) in [6.07, 6.45) is -0.116. The highest BCUT2D eigenvalue weighted by Crippen LogP contribution is 2.39. The summed E-state index contributed by atoms with van der Waals surface area (Å²) in [5, 5.41) is 0.521. The van der Waals surface area contributed by atoms with Crippen LogP contribution in [0.4, 0.5) is 4.79 Å². The smallest absolute Gasteiger partial charge is 0.412 e. The molecule has 1 saturated heterocycles. The van der Waals surface area contributed by atoms with Crippen LogP contribution in [0.25, 0.3) is 0 Å². The Kier molecular flexibility index (Phi) is 7.82. The Morgan fingerprint density at radius 3 is 2.31 bits per heavy atom. The molecule has 6 nitrogen and oxygen atoms in total. The molecule has 2 atom stereocenters. The lowest BCUT2D eigenvalue weighted by atomic mass is 10.0. The van der Waals surface area contributed by atoms with E-state index in [4.69, 9.17) is 25.5 Å². The number of amides is 1. The Labute approximate surface area is 200 Å². The number of carbonyl (C=O) groups excluding carboxylic acids is 1. The number of pyridine rings is 1. The van der Waals surface area contributed by atoms with Crippen LogP contribution >= 0.6 is 11.6 Å². The minimum atomic E-state index is -1.99. The number of hydrogen-bond acceptors (Lipinski definition) is 5. The summed E-state index contributed by atoms with van der Waals surface area (Å²) < 4.78 is 18.7. The molecule has 2 unspecified atom stereocenters. The highest BCUT2D eigenvalue weighted by atomic mass is 35.5. The number of hydrogen-bond donors (Lipinski definition) is 0. The van der Waals surface area contributed by atoms with Gasteiger partial charge < -0.3 is 13.9 Å². The fourth-order valence-corrected chi connectivity index (χ4v) is 4.96. The molecule has 8 heteroatoms. The Morgan fingerprint density at radius 2 is 1.81 bits per heavy atom. The van der Waals surface area contributed by atoms with Crippen molar-refractivity contribution in [3.05, 3.63) is 28.5 Å². The second-order valence-corrected chi connectivity index (χ2v) is 16.9. The van der Waals surface area contributed by atoms with Crippen molar-refractivity contribution in [1.29, 1.82) is 0 Å². The highest BCUT2D eigenvalue weighted by Gasteiger charge is 2.52. The Bertz CT molecular complexity index is 810. The normalized spacial score (nSPS) is 21.7. The molecule has 0 N–H and O–H groups in total. The molecule has 1 fully saturated rings. The fraction of sp³-hybridized carbons (Fsp3) is 0.750. The van der Waals surface area contributed by atoms with E-state index in [1.165, 1.54) is 0 Å². The second kappa shape index (κ2) is 9.24. The van der Waals surface area contributed by atoms with E-state index in [1.807, 2.05) is 53.7 Å². The molecule has 0 radical (unpaired) electrons. The van der Waals surface area contributed by atoms with Crippen molar-refractivity contribution < 1.29 is 18.7 Å². The summed E-state index contributed by atoms with van der Waals surface area (Å²) in [5.41, 5.74) is 0.396. The van der Waals surface area contributed by atoms with Gasteiger partial charge in [-0.25, -0.2) is 9.78 Å². The van der Waals surface area contributed by atoms with Gasteiger partial charge in [0.1, 0.15) is 22.6 Å². The molecule has 0 aromatic carbocycles. The van der Waals surface area contributed by atoms with Crippen molar-refractivity contribution in [2.24, 2.45) is 0 Å². The molecule has 0 spiro atoms. The SMILES string of the molecule is Cc1cc(CC2C(CO[Si](C)(C)C(C)(C)C)OC(C)(C)N2C(=O)OC(C)(C)C)cc(Cl)n1. The molecule has 1 aliphatic heterocycles. The van der Waals surface area contributed by atoms with E-state index in [0.717, 1.165) is 11.3 Å². The van der Waals surface area contributed by atoms with Crippen LogP contribution in [0, 0.1) is 6.92 Å². The maximum absolute atomic E-state index is 13.3. The van der Waals surface area contributed by atoms with Gasteiger partial charge in [-0.05, 0) is 83.8 Å². The van der Waals surface area contributed by atoms with Crippen LogP contribution in [0.5, 0.6) is 0 Å². The minimum Gasteiger partial charge on any atom is -0.444 e.